The summed E-state index contributed by atoms with van der Waals surface area (Å²) >= 11 is 0. The summed E-state index contributed by atoms with van der Waals surface area (Å²) in [6.07, 6.45) is -26.4. The van der Waals surface area contributed by atoms with Gasteiger partial charge in [0.25, 0.3) is 11.8 Å². The number of amides is 7. The van der Waals surface area contributed by atoms with Crippen LogP contribution in [0.1, 0.15) is 76.1 Å². The smallest absolute Gasteiger partial charge is 0.407 e. The van der Waals surface area contributed by atoms with E-state index in [9.17, 15) is 59.1 Å². The van der Waals surface area contributed by atoms with E-state index in [-0.39, 0.29) is 76.5 Å². The number of alkyl carbamates (subject to hydrolysis) is 4. The summed E-state index contributed by atoms with van der Waals surface area (Å²) in [6.45, 7) is 0.968. The van der Waals surface area contributed by atoms with Gasteiger partial charge in [0.2, 0.25) is 5.91 Å². The zero-order valence-corrected chi connectivity index (χ0v) is 53.1. The first-order chi connectivity index (χ1) is 46.9. The molecule has 5 aromatic rings. The van der Waals surface area contributed by atoms with E-state index < -0.39 is 159 Å². The molecule has 4 saturated heterocycles. The second-order valence-corrected chi connectivity index (χ2v) is 23.8. The Morgan fingerprint density at radius 3 is 1.61 bits per heavy atom. The zero-order valence-electron chi connectivity index (χ0n) is 53.1. The SMILES string of the molecule is CC[C@@H](NC(=O)[C@@H](O)CCNC(=O)OCc1ccccc1)[C@H](O)[C@@H](O[C@@H]1O[C@H](CO)[C@@H](O[C@H]2O[C@@H](CNC(=O)OCc3ccccc3)C[C@H](O)[C@H]2NC(=O)OCc2ccccc2)[C@H]1O)C(C)O[C@H]1O[C@H](CN2C(=O)c3ccccc3C2=O)[C@@H]2O[C@@H]2[C@H]1NC(=O)OCc1ccccc1. The van der Waals surface area contributed by atoms with Crippen molar-refractivity contribution in [3.8, 4) is 0 Å². The van der Waals surface area contributed by atoms with Crippen LogP contribution in [0, 0.1) is 0 Å². The number of hydrogen-bond acceptors (Lipinski definition) is 23. The lowest BCUT2D eigenvalue weighted by atomic mass is 9.98. The maximum atomic E-state index is 13.8. The number of aliphatic hydroxyl groups excluding tert-OH is 5. The number of imide groups is 1. The summed E-state index contributed by atoms with van der Waals surface area (Å²) in [6, 6.07) is 37.7. The molecule has 10 N–H and O–H groups in total. The third-order valence-electron chi connectivity index (χ3n) is 16.9. The van der Waals surface area contributed by atoms with Gasteiger partial charge in [-0.2, -0.15) is 0 Å². The number of rotatable bonds is 30. The highest BCUT2D eigenvalue weighted by Gasteiger charge is 2.61. The van der Waals surface area contributed by atoms with Gasteiger partial charge in [-0.15, -0.1) is 0 Å². The van der Waals surface area contributed by atoms with Crippen molar-refractivity contribution in [3.63, 3.8) is 0 Å². The molecule has 1 unspecified atom stereocenters. The van der Waals surface area contributed by atoms with Gasteiger partial charge in [-0.25, -0.2) is 19.2 Å². The predicted octanol–water partition coefficient (Wildman–Crippen LogP) is 2.95. The number of hydrogen-bond donors (Lipinski definition) is 10. The van der Waals surface area contributed by atoms with E-state index in [1.807, 2.05) is 12.1 Å². The molecule has 0 aliphatic carbocycles. The van der Waals surface area contributed by atoms with Crippen LogP contribution in [0.15, 0.2) is 146 Å². The monoisotopic (exact) mass is 1350 g/mol. The molecule has 7 amide bonds. The number of nitrogens with one attached hydrogen (secondary N) is 5. The maximum absolute atomic E-state index is 13.8. The standard InChI is InChI=1S/C68H80N6O23/c1-3-46(71-59(80)47(76)28-29-69-65(83)87-34-39-18-8-4-9-19-39)53(78)55(38(2)91-63-52(73-68(86)90-37-42-24-14-7-15-25-42)58-57(95-58)49(93-63)32-74-60(81)44-26-16-17-27-45(44)61(74)82)96-64-54(79)56(50(33-75)94-64)97-62-51(72-67(85)89-36-41-22-12-6-13-23-41)48(77)30-43(92-62)31-70-66(84)88-35-40-20-10-5-11-21-40/h4-27,38,43,46-58,62-64,75-79H,3,28-37H2,1-2H3,(H,69,83)(H,70,84)(H,71,80)(H,72,85)(H,73,86)/t38?,43-,46-,47+,48+,49-,50-,51-,52-,53+,54-,55+,56-,57+,58-,62-,63+,64+/m1/s1. The molecule has 5 aromatic carbocycles. The van der Waals surface area contributed by atoms with E-state index in [0.29, 0.717) is 11.1 Å². The van der Waals surface area contributed by atoms with Crippen LogP contribution in [0.5, 0.6) is 0 Å². The number of benzene rings is 5. The number of carbonyl (C=O) groups is 7. The summed E-state index contributed by atoms with van der Waals surface area (Å²) in [5.74, 6) is -2.16. The fourth-order valence-corrected chi connectivity index (χ4v) is 11.7. The Kier molecular flexibility index (Phi) is 24.9. The average molecular weight is 1350 g/mol. The number of carbonyl (C=O) groups excluding carboxylic acids is 7. The molecule has 5 aliphatic rings. The minimum Gasteiger partial charge on any atom is -0.445 e. The Morgan fingerprint density at radius 1 is 0.588 bits per heavy atom. The van der Waals surface area contributed by atoms with E-state index in [0.717, 1.165) is 16.0 Å². The Bertz CT molecular complexity index is 3390. The van der Waals surface area contributed by atoms with Crippen molar-refractivity contribution in [1.82, 2.24) is 31.5 Å². The van der Waals surface area contributed by atoms with Crippen LogP contribution >= 0.6 is 0 Å². The quantitative estimate of drug-likeness (QED) is 0.0179. The Hall–Kier alpha value is -8.69. The van der Waals surface area contributed by atoms with Gasteiger partial charge in [0, 0.05) is 19.5 Å². The molecule has 29 nitrogen and oxygen atoms in total. The van der Waals surface area contributed by atoms with E-state index in [4.69, 9.17) is 52.1 Å². The Labute approximate surface area is 557 Å². The van der Waals surface area contributed by atoms with Gasteiger partial charge in [0.1, 0.15) is 93.4 Å². The molecular weight excluding hydrogens is 1270 g/mol. The highest BCUT2D eigenvalue weighted by Crippen LogP contribution is 2.41. The van der Waals surface area contributed by atoms with E-state index >= 15 is 0 Å². The Morgan fingerprint density at radius 2 is 1.08 bits per heavy atom. The van der Waals surface area contributed by atoms with Crippen molar-refractivity contribution in [2.45, 2.75) is 170 Å². The van der Waals surface area contributed by atoms with Crippen LogP contribution in [0.2, 0.25) is 0 Å². The molecule has 520 valence electrons. The molecule has 0 bridgehead atoms. The zero-order chi connectivity index (χ0) is 68.5. The highest BCUT2D eigenvalue weighted by molar-refractivity contribution is 6.21. The summed E-state index contributed by atoms with van der Waals surface area (Å²) in [7, 11) is 0. The first-order valence-electron chi connectivity index (χ1n) is 32.0. The largest absolute Gasteiger partial charge is 0.445 e. The summed E-state index contributed by atoms with van der Waals surface area (Å²) in [5.41, 5.74) is 3.11. The number of ether oxygens (including phenoxy) is 11. The van der Waals surface area contributed by atoms with E-state index in [2.05, 4.69) is 26.6 Å². The molecule has 5 aliphatic heterocycles. The fourth-order valence-electron chi connectivity index (χ4n) is 11.7. The van der Waals surface area contributed by atoms with Crippen LogP contribution in [0.3, 0.4) is 0 Å². The van der Waals surface area contributed by atoms with Gasteiger partial charge < -0.3 is 104 Å². The molecule has 10 rings (SSSR count). The lowest BCUT2D eigenvalue weighted by Gasteiger charge is -2.41. The minimum atomic E-state index is -1.94. The Balaban J connectivity index is 0.884. The lowest BCUT2D eigenvalue weighted by molar-refractivity contribution is -0.275. The number of nitrogens with zero attached hydrogens (tertiary/aromatic N) is 1. The number of epoxide rings is 1. The molecular formula is C68H80N6O23. The van der Waals surface area contributed by atoms with Gasteiger partial charge in [0.05, 0.1) is 48.6 Å². The highest BCUT2D eigenvalue weighted by atomic mass is 16.8. The molecule has 0 spiro atoms. The van der Waals surface area contributed by atoms with Gasteiger partial charge >= 0.3 is 24.4 Å². The summed E-state index contributed by atoms with van der Waals surface area (Å²) in [4.78, 5) is 94.8. The minimum absolute atomic E-state index is 0.0363. The number of aliphatic hydroxyl groups is 5. The molecule has 0 aromatic heterocycles. The van der Waals surface area contributed by atoms with E-state index in [1.165, 1.54) is 19.1 Å². The van der Waals surface area contributed by atoms with Crippen LogP contribution in [0.25, 0.3) is 0 Å². The lowest BCUT2D eigenvalue weighted by Crippen LogP contribution is -2.61. The van der Waals surface area contributed by atoms with Crippen molar-refractivity contribution in [3.05, 3.63) is 179 Å². The molecule has 0 saturated carbocycles. The number of fused-ring (bicyclic) bond motifs is 2. The van der Waals surface area contributed by atoms with E-state index in [1.54, 1.807) is 128 Å². The molecule has 29 heteroatoms. The molecule has 97 heavy (non-hydrogen) atoms. The van der Waals surface area contributed by atoms with Crippen LogP contribution in [-0.2, 0) is 83.3 Å². The van der Waals surface area contributed by atoms with Crippen molar-refractivity contribution in [1.29, 1.82) is 0 Å². The maximum Gasteiger partial charge on any atom is 0.407 e. The summed E-state index contributed by atoms with van der Waals surface area (Å²) in [5, 5.41) is 71.8. The summed E-state index contributed by atoms with van der Waals surface area (Å²) < 4.78 is 66.3. The predicted molar refractivity (Wildman–Crippen MR) is 336 cm³/mol. The first-order valence-corrected chi connectivity index (χ1v) is 32.0. The van der Waals surface area contributed by atoms with Crippen molar-refractivity contribution < 1.29 is 111 Å². The van der Waals surface area contributed by atoms with Crippen LogP contribution in [-0.4, -0.2) is 209 Å². The van der Waals surface area contributed by atoms with Gasteiger partial charge in [0.15, 0.2) is 18.9 Å². The second-order valence-electron chi connectivity index (χ2n) is 23.8. The molecule has 4 fully saturated rings. The topological polar surface area (TPSA) is 389 Å². The first kappa shape index (κ1) is 71.1. The molecule has 5 heterocycles. The van der Waals surface area contributed by atoms with Crippen LogP contribution in [0.4, 0.5) is 19.2 Å². The average Bonchev–Trinajstić information content (AvgIpc) is 1.60. The van der Waals surface area contributed by atoms with Crippen molar-refractivity contribution in [2.24, 2.45) is 0 Å². The van der Waals surface area contributed by atoms with Gasteiger partial charge in [-0.1, -0.05) is 140 Å². The normalized spacial score (nSPS) is 26.3. The van der Waals surface area contributed by atoms with Crippen molar-refractivity contribution >= 4 is 42.1 Å². The second kappa shape index (κ2) is 34.0. The molecule has 18 atom stereocenters. The van der Waals surface area contributed by atoms with Crippen LogP contribution < -0.4 is 26.6 Å². The van der Waals surface area contributed by atoms with Gasteiger partial charge in [-0.3, -0.25) is 19.3 Å². The fraction of sp³-hybridized carbons (Fsp3) is 0.456. The molecule has 0 radical (unpaired) electrons. The van der Waals surface area contributed by atoms with Gasteiger partial charge in [-0.05, 0) is 54.2 Å². The third kappa shape index (κ3) is 18.9. The third-order valence-corrected chi connectivity index (χ3v) is 16.9. The van der Waals surface area contributed by atoms with Crippen molar-refractivity contribution in [2.75, 3.05) is 26.2 Å².